The quantitative estimate of drug-likeness (QED) is 0.428. The molecular weight excluding hydrogens is 427 g/mol. The van der Waals surface area contributed by atoms with Crippen LogP contribution in [0.4, 0.5) is 13.2 Å². The number of benzene rings is 2. The normalized spacial score (nSPS) is 11.9. The molecule has 3 rings (SSSR count). The lowest BCUT2D eigenvalue weighted by Gasteiger charge is -2.21. The maximum atomic E-state index is 13.2. The Morgan fingerprint density at radius 2 is 1.72 bits per heavy atom. The lowest BCUT2D eigenvalue weighted by atomic mass is 10.1. The van der Waals surface area contributed by atoms with Gasteiger partial charge in [-0.05, 0) is 50.6 Å². The van der Waals surface area contributed by atoms with Crippen LogP contribution in [0.15, 0.2) is 59.2 Å². The second kappa shape index (κ2) is 9.33. The van der Waals surface area contributed by atoms with Gasteiger partial charge in [0, 0.05) is 12.0 Å². The number of halogens is 3. The first-order valence-corrected chi connectivity index (χ1v) is 9.82. The summed E-state index contributed by atoms with van der Waals surface area (Å²) in [5.74, 6) is 0.212. The molecule has 170 valence electrons. The van der Waals surface area contributed by atoms with E-state index >= 15 is 0 Å². The minimum atomic E-state index is -4.48. The van der Waals surface area contributed by atoms with E-state index < -0.39 is 23.3 Å². The second-order valence-electron chi connectivity index (χ2n) is 7.51. The van der Waals surface area contributed by atoms with Gasteiger partial charge in [-0.25, -0.2) is 9.78 Å². The van der Waals surface area contributed by atoms with Gasteiger partial charge >= 0.3 is 12.1 Å². The van der Waals surface area contributed by atoms with Crippen molar-refractivity contribution in [1.29, 1.82) is 0 Å². The van der Waals surface area contributed by atoms with Crippen molar-refractivity contribution >= 4 is 5.97 Å². The molecule has 0 spiro atoms. The van der Waals surface area contributed by atoms with E-state index in [1.165, 1.54) is 38.3 Å². The number of nitrogens with zero attached hydrogens (tertiary/aromatic N) is 1. The predicted octanol–water partition coefficient (Wildman–Crippen LogP) is 5.61. The van der Waals surface area contributed by atoms with Gasteiger partial charge < -0.3 is 19.0 Å². The van der Waals surface area contributed by atoms with E-state index in [9.17, 15) is 18.0 Å². The molecule has 0 aliphatic rings. The summed E-state index contributed by atoms with van der Waals surface area (Å²) >= 11 is 0. The molecule has 0 fully saturated rings. The molecule has 0 aliphatic carbocycles. The monoisotopic (exact) mass is 449 g/mol. The molecule has 0 unspecified atom stereocenters. The molecule has 6 nitrogen and oxygen atoms in total. The molecule has 0 bridgehead atoms. The van der Waals surface area contributed by atoms with Crippen molar-refractivity contribution < 1.29 is 37.0 Å². The van der Waals surface area contributed by atoms with Gasteiger partial charge in [0.15, 0.2) is 11.5 Å². The van der Waals surface area contributed by atoms with Gasteiger partial charge in [-0.2, -0.15) is 13.2 Å². The summed E-state index contributed by atoms with van der Waals surface area (Å²) in [7, 11) is 0. The number of oxazole rings is 1. The highest BCUT2D eigenvalue weighted by Gasteiger charge is 2.34. The number of hydrogen-bond acceptors (Lipinski definition) is 5. The van der Waals surface area contributed by atoms with Gasteiger partial charge in [0.1, 0.15) is 23.5 Å². The topological polar surface area (TPSA) is 81.8 Å². The zero-order valence-corrected chi connectivity index (χ0v) is 17.5. The Morgan fingerprint density at radius 1 is 1.06 bits per heavy atom. The van der Waals surface area contributed by atoms with E-state index in [4.69, 9.17) is 19.0 Å². The third-order valence-corrected chi connectivity index (χ3v) is 4.58. The Labute approximate surface area is 182 Å². The fraction of sp³-hybridized carbons (Fsp3) is 0.304. The first kappa shape index (κ1) is 23.2. The average Bonchev–Trinajstić information content (AvgIpc) is 3.20. The molecule has 0 saturated carbocycles. The number of aryl methyl sites for hydroxylation is 1. The smallest absolute Gasteiger partial charge is 0.417 e. The van der Waals surface area contributed by atoms with Crippen molar-refractivity contribution in [2.75, 3.05) is 6.61 Å². The molecule has 1 N–H and O–H groups in total. The molecule has 1 aromatic heterocycles. The van der Waals surface area contributed by atoms with Gasteiger partial charge in [0.25, 0.3) is 0 Å². The lowest BCUT2D eigenvalue weighted by molar-refractivity contribution is -0.152. The highest BCUT2D eigenvalue weighted by Crippen LogP contribution is 2.36. The molecule has 32 heavy (non-hydrogen) atoms. The number of rotatable bonds is 9. The number of carboxylic acids is 1. The van der Waals surface area contributed by atoms with Crippen LogP contribution in [0, 0.1) is 0 Å². The van der Waals surface area contributed by atoms with Crippen molar-refractivity contribution in [2.45, 2.75) is 38.5 Å². The highest BCUT2D eigenvalue weighted by molar-refractivity contribution is 5.76. The standard InChI is InChI=1S/C23H22F3NO5/c1-22(2,21(28)29)32-16-11-9-15(10-12-16)30-13-5-8-20-27-19(14-31-20)17-6-3-4-7-18(17)23(24,25)26/h3-4,6-7,9-12,14H,5,8,13H2,1-2H3,(H,28,29). The van der Waals surface area contributed by atoms with Gasteiger partial charge in [0.2, 0.25) is 0 Å². The Hall–Kier alpha value is -3.49. The van der Waals surface area contributed by atoms with Crippen LogP contribution >= 0.6 is 0 Å². The van der Waals surface area contributed by atoms with Crippen molar-refractivity contribution in [2.24, 2.45) is 0 Å². The molecule has 1 heterocycles. The first-order valence-electron chi connectivity index (χ1n) is 9.82. The van der Waals surface area contributed by atoms with Crippen molar-refractivity contribution in [3.05, 3.63) is 66.2 Å². The molecule has 3 aromatic rings. The third kappa shape index (κ3) is 5.81. The molecule has 0 radical (unpaired) electrons. The van der Waals surface area contributed by atoms with E-state index in [1.54, 1.807) is 24.3 Å². The Morgan fingerprint density at radius 3 is 2.38 bits per heavy atom. The third-order valence-electron chi connectivity index (χ3n) is 4.58. The van der Waals surface area contributed by atoms with Crippen LogP contribution < -0.4 is 9.47 Å². The van der Waals surface area contributed by atoms with E-state index in [0.29, 0.717) is 36.8 Å². The molecule has 9 heteroatoms. The minimum Gasteiger partial charge on any atom is -0.494 e. The maximum absolute atomic E-state index is 13.2. The number of aromatic nitrogens is 1. The lowest BCUT2D eigenvalue weighted by Crippen LogP contribution is -2.37. The zero-order valence-electron chi connectivity index (χ0n) is 17.5. The summed E-state index contributed by atoms with van der Waals surface area (Å²) in [6.07, 6.45) is -2.33. The number of carboxylic acid groups (broad SMARTS) is 1. The second-order valence-corrected chi connectivity index (χ2v) is 7.51. The Bertz CT molecular complexity index is 1060. The van der Waals surface area contributed by atoms with Crippen LogP contribution in [0.1, 0.15) is 31.7 Å². The van der Waals surface area contributed by atoms with Gasteiger partial charge in [-0.15, -0.1) is 0 Å². The van der Waals surface area contributed by atoms with Crippen LogP contribution in [-0.2, 0) is 17.4 Å². The van der Waals surface area contributed by atoms with E-state index in [0.717, 1.165) is 6.07 Å². The Balaban J connectivity index is 1.52. The van der Waals surface area contributed by atoms with Crippen molar-refractivity contribution in [1.82, 2.24) is 4.98 Å². The van der Waals surface area contributed by atoms with Crippen molar-refractivity contribution in [3.8, 4) is 22.8 Å². The highest BCUT2D eigenvalue weighted by atomic mass is 19.4. The number of aliphatic carboxylic acids is 1. The fourth-order valence-electron chi connectivity index (χ4n) is 2.86. The molecule has 0 amide bonds. The Kier molecular flexibility index (Phi) is 6.76. The number of ether oxygens (including phenoxy) is 2. The summed E-state index contributed by atoms with van der Waals surface area (Å²) < 4.78 is 55.9. The molecule has 0 atom stereocenters. The predicted molar refractivity (Wildman–Crippen MR) is 110 cm³/mol. The van der Waals surface area contributed by atoms with Crippen molar-refractivity contribution in [3.63, 3.8) is 0 Å². The molecule has 0 aliphatic heterocycles. The molecule has 0 saturated heterocycles. The average molecular weight is 449 g/mol. The summed E-state index contributed by atoms with van der Waals surface area (Å²) in [5.41, 5.74) is -2.01. The molecule has 2 aromatic carbocycles. The van der Waals surface area contributed by atoms with E-state index in [-0.39, 0.29) is 11.3 Å². The van der Waals surface area contributed by atoms with Crippen LogP contribution in [0.25, 0.3) is 11.3 Å². The van der Waals surface area contributed by atoms with Gasteiger partial charge in [-0.3, -0.25) is 0 Å². The van der Waals surface area contributed by atoms with Gasteiger partial charge in [-0.1, -0.05) is 18.2 Å². The van der Waals surface area contributed by atoms with Crippen LogP contribution in [-0.4, -0.2) is 28.3 Å². The molecular formula is C23H22F3NO5. The SMILES string of the molecule is CC(C)(Oc1ccc(OCCCc2nc(-c3ccccc3C(F)(F)F)co2)cc1)C(=O)O. The minimum absolute atomic E-state index is 0.0281. The van der Waals surface area contributed by atoms with Crippen LogP contribution in [0.2, 0.25) is 0 Å². The number of alkyl halides is 3. The van der Waals surface area contributed by atoms with Crippen LogP contribution in [0.5, 0.6) is 11.5 Å². The number of carbonyl (C=O) groups is 1. The summed E-state index contributed by atoms with van der Waals surface area (Å²) in [5, 5.41) is 9.10. The largest absolute Gasteiger partial charge is 0.494 e. The maximum Gasteiger partial charge on any atom is 0.417 e. The fourth-order valence-corrected chi connectivity index (χ4v) is 2.86. The number of hydrogen-bond donors (Lipinski definition) is 1. The first-order chi connectivity index (χ1) is 15.1. The summed E-state index contributed by atoms with van der Waals surface area (Å²) in [4.78, 5) is 15.3. The van der Waals surface area contributed by atoms with E-state index in [1.807, 2.05) is 0 Å². The van der Waals surface area contributed by atoms with Crippen LogP contribution in [0.3, 0.4) is 0 Å². The zero-order chi connectivity index (χ0) is 23.4. The summed E-state index contributed by atoms with van der Waals surface area (Å²) in [6.45, 7) is 3.24. The van der Waals surface area contributed by atoms with E-state index in [2.05, 4.69) is 4.98 Å². The van der Waals surface area contributed by atoms with Gasteiger partial charge in [0.05, 0.1) is 12.2 Å². The summed E-state index contributed by atoms with van der Waals surface area (Å²) in [6, 6.07) is 11.8.